The molecule has 3 aliphatic heterocycles. The summed E-state index contributed by atoms with van der Waals surface area (Å²) in [6, 6.07) is 14.5. The van der Waals surface area contributed by atoms with Crippen molar-refractivity contribution >= 4 is 11.6 Å². The number of ether oxygens (including phenoxy) is 2. The Labute approximate surface area is 183 Å². The predicted octanol–water partition coefficient (Wildman–Crippen LogP) is 2.72. The Morgan fingerprint density at radius 3 is 2.77 bits per heavy atom. The van der Waals surface area contributed by atoms with E-state index in [0.717, 1.165) is 36.4 Å². The Kier molecular flexibility index (Phi) is 5.36. The third-order valence-corrected chi connectivity index (χ3v) is 6.88. The Bertz CT molecular complexity index is 976. The third kappa shape index (κ3) is 3.79. The first-order valence-electron chi connectivity index (χ1n) is 11.1. The average molecular weight is 423 g/mol. The summed E-state index contributed by atoms with van der Waals surface area (Å²) >= 11 is 0. The number of nitrogens with zero attached hydrogens (tertiary/aromatic N) is 2. The molecule has 0 spiro atoms. The molecule has 4 atom stereocenters. The molecule has 1 amide bonds. The molecule has 3 heterocycles. The van der Waals surface area contributed by atoms with Crippen LogP contribution in [0.3, 0.4) is 0 Å². The Hall–Kier alpha value is -2.57. The van der Waals surface area contributed by atoms with E-state index in [1.165, 1.54) is 11.1 Å². The third-order valence-electron chi connectivity index (χ3n) is 6.88. The van der Waals surface area contributed by atoms with Crippen molar-refractivity contribution in [1.82, 2.24) is 4.90 Å². The van der Waals surface area contributed by atoms with E-state index in [1.807, 2.05) is 37.2 Å². The molecule has 0 saturated carbocycles. The summed E-state index contributed by atoms with van der Waals surface area (Å²) in [6.45, 7) is 1.29. The number of carbonyl (C=O) groups is 1. The Morgan fingerprint density at radius 2 is 2.00 bits per heavy atom. The van der Waals surface area contributed by atoms with Crippen LogP contribution >= 0.6 is 0 Å². The minimum Gasteiger partial charge on any atom is -0.487 e. The van der Waals surface area contributed by atoms with E-state index in [4.69, 9.17) is 9.47 Å². The highest BCUT2D eigenvalue weighted by molar-refractivity contribution is 5.77. The van der Waals surface area contributed by atoms with Crippen molar-refractivity contribution < 1.29 is 19.4 Å². The van der Waals surface area contributed by atoms with E-state index in [0.29, 0.717) is 13.0 Å². The molecule has 1 fully saturated rings. The fourth-order valence-electron chi connectivity index (χ4n) is 5.19. The first-order chi connectivity index (χ1) is 15.0. The maximum atomic E-state index is 13.1. The molecule has 6 nitrogen and oxygen atoms in total. The molecule has 0 radical (unpaired) electrons. The van der Waals surface area contributed by atoms with Gasteiger partial charge in [-0.2, -0.15) is 0 Å². The van der Waals surface area contributed by atoms with Gasteiger partial charge in [0.05, 0.1) is 19.1 Å². The van der Waals surface area contributed by atoms with Crippen molar-refractivity contribution in [1.29, 1.82) is 0 Å². The molecular weight excluding hydrogens is 392 g/mol. The highest BCUT2D eigenvalue weighted by Crippen LogP contribution is 2.47. The van der Waals surface area contributed by atoms with Crippen LogP contribution in [-0.4, -0.2) is 61.5 Å². The number of anilines is 1. The zero-order chi connectivity index (χ0) is 21.5. The SMILES string of the molecule is CN(C)c1ccc2c(c1)[C@@H]1C[C@H](CC(=O)N3CCc4ccccc4C3)O[C@H](CO)[C@@H]1O2. The van der Waals surface area contributed by atoms with Gasteiger partial charge in [-0.05, 0) is 42.2 Å². The van der Waals surface area contributed by atoms with Crippen LogP contribution in [0.4, 0.5) is 5.69 Å². The van der Waals surface area contributed by atoms with Gasteiger partial charge in [-0.1, -0.05) is 24.3 Å². The van der Waals surface area contributed by atoms with Crippen LogP contribution < -0.4 is 9.64 Å². The van der Waals surface area contributed by atoms with Gasteiger partial charge in [-0.15, -0.1) is 0 Å². The van der Waals surface area contributed by atoms with Gasteiger partial charge in [0.2, 0.25) is 5.91 Å². The minimum atomic E-state index is -0.422. The minimum absolute atomic E-state index is 0.114. The first kappa shape index (κ1) is 20.3. The molecule has 164 valence electrons. The Balaban J connectivity index is 1.31. The normalized spacial score (nSPS) is 26.5. The summed E-state index contributed by atoms with van der Waals surface area (Å²) in [5, 5.41) is 9.96. The van der Waals surface area contributed by atoms with Gasteiger partial charge in [0, 0.05) is 44.4 Å². The maximum absolute atomic E-state index is 13.1. The number of aliphatic hydroxyl groups is 1. The fraction of sp³-hybridized carbons (Fsp3) is 0.480. The summed E-state index contributed by atoms with van der Waals surface area (Å²) in [4.78, 5) is 17.1. The van der Waals surface area contributed by atoms with Gasteiger partial charge in [0.15, 0.2) is 0 Å². The molecule has 1 saturated heterocycles. The summed E-state index contributed by atoms with van der Waals surface area (Å²) in [5.74, 6) is 1.11. The Morgan fingerprint density at radius 1 is 1.19 bits per heavy atom. The van der Waals surface area contributed by atoms with E-state index in [1.54, 1.807) is 0 Å². The van der Waals surface area contributed by atoms with E-state index in [-0.39, 0.29) is 30.6 Å². The molecule has 0 bridgehead atoms. The molecular formula is C25H30N2O4. The van der Waals surface area contributed by atoms with Crippen molar-refractivity contribution in [2.75, 3.05) is 32.1 Å². The molecule has 2 aromatic carbocycles. The highest BCUT2D eigenvalue weighted by Gasteiger charge is 2.46. The van der Waals surface area contributed by atoms with Crippen molar-refractivity contribution in [3.8, 4) is 5.75 Å². The second-order valence-electron chi connectivity index (χ2n) is 9.06. The van der Waals surface area contributed by atoms with Crippen molar-refractivity contribution in [3.63, 3.8) is 0 Å². The number of carbonyl (C=O) groups excluding carboxylic acids is 1. The quantitative estimate of drug-likeness (QED) is 0.821. The van der Waals surface area contributed by atoms with E-state index in [2.05, 4.69) is 29.2 Å². The van der Waals surface area contributed by atoms with Gasteiger partial charge < -0.3 is 24.4 Å². The largest absolute Gasteiger partial charge is 0.487 e. The number of hydrogen-bond acceptors (Lipinski definition) is 5. The molecule has 6 heteroatoms. The van der Waals surface area contributed by atoms with Crippen LogP contribution in [-0.2, 0) is 22.5 Å². The molecule has 1 N–H and O–H groups in total. The molecule has 2 aromatic rings. The van der Waals surface area contributed by atoms with Crippen molar-refractivity contribution in [3.05, 3.63) is 59.2 Å². The van der Waals surface area contributed by atoms with Gasteiger partial charge >= 0.3 is 0 Å². The summed E-state index contributed by atoms with van der Waals surface area (Å²) in [5.41, 5.74) is 4.84. The lowest BCUT2D eigenvalue weighted by molar-refractivity contribution is -0.149. The van der Waals surface area contributed by atoms with Crippen LogP contribution in [0.1, 0.15) is 35.4 Å². The topological polar surface area (TPSA) is 62.2 Å². The van der Waals surface area contributed by atoms with E-state index < -0.39 is 6.10 Å². The van der Waals surface area contributed by atoms with Gasteiger partial charge in [-0.25, -0.2) is 0 Å². The zero-order valence-corrected chi connectivity index (χ0v) is 18.2. The summed E-state index contributed by atoms with van der Waals surface area (Å²) < 4.78 is 12.3. The monoisotopic (exact) mass is 422 g/mol. The van der Waals surface area contributed by atoms with Crippen LogP contribution in [0.5, 0.6) is 5.75 Å². The number of rotatable bonds is 4. The zero-order valence-electron chi connectivity index (χ0n) is 18.2. The summed E-state index contributed by atoms with van der Waals surface area (Å²) in [6.07, 6.45) is 1.11. The maximum Gasteiger partial charge on any atom is 0.225 e. The lowest BCUT2D eigenvalue weighted by Crippen LogP contribution is -2.48. The van der Waals surface area contributed by atoms with E-state index >= 15 is 0 Å². The molecule has 5 rings (SSSR count). The van der Waals surface area contributed by atoms with Crippen LogP contribution in [0.2, 0.25) is 0 Å². The molecule has 0 unspecified atom stereocenters. The van der Waals surface area contributed by atoms with Gasteiger partial charge in [0.25, 0.3) is 0 Å². The number of benzene rings is 2. The second kappa shape index (κ2) is 8.17. The van der Waals surface area contributed by atoms with Crippen LogP contribution in [0, 0.1) is 0 Å². The van der Waals surface area contributed by atoms with Crippen LogP contribution in [0.15, 0.2) is 42.5 Å². The average Bonchev–Trinajstić information content (AvgIpc) is 3.16. The lowest BCUT2D eigenvalue weighted by Gasteiger charge is -2.38. The standard InChI is InChI=1S/C25H30N2O4/c1-26(2)18-7-8-22-20(11-18)21-12-19(30-23(15-28)25(21)31-22)13-24(29)27-10-9-16-5-3-4-6-17(16)14-27/h3-8,11,19,21,23,25,28H,9-10,12-15H2,1-2H3/t19-,21+,23-,25-/m1/s1. The number of aliphatic hydroxyl groups excluding tert-OH is 1. The predicted molar refractivity (Wildman–Crippen MR) is 118 cm³/mol. The molecule has 3 aliphatic rings. The van der Waals surface area contributed by atoms with E-state index in [9.17, 15) is 9.90 Å². The lowest BCUT2D eigenvalue weighted by atomic mass is 9.84. The summed E-state index contributed by atoms with van der Waals surface area (Å²) in [7, 11) is 4.04. The fourth-order valence-corrected chi connectivity index (χ4v) is 5.19. The van der Waals surface area contributed by atoms with Crippen LogP contribution in [0.25, 0.3) is 0 Å². The second-order valence-corrected chi connectivity index (χ2v) is 9.06. The highest BCUT2D eigenvalue weighted by atomic mass is 16.6. The van der Waals surface area contributed by atoms with Crippen molar-refractivity contribution in [2.24, 2.45) is 0 Å². The van der Waals surface area contributed by atoms with Gasteiger partial charge in [-0.3, -0.25) is 4.79 Å². The molecule has 0 aliphatic carbocycles. The number of hydrogen-bond donors (Lipinski definition) is 1. The number of amides is 1. The first-order valence-corrected chi connectivity index (χ1v) is 11.1. The molecule has 0 aromatic heterocycles. The number of fused-ring (bicyclic) bond motifs is 4. The van der Waals surface area contributed by atoms with Crippen molar-refractivity contribution in [2.45, 2.75) is 50.0 Å². The van der Waals surface area contributed by atoms with Gasteiger partial charge in [0.1, 0.15) is 18.0 Å². The molecule has 31 heavy (non-hydrogen) atoms. The smallest absolute Gasteiger partial charge is 0.225 e.